The molecule has 0 aliphatic carbocycles. The number of nitrogens with one attached hydrogen (secondary N) is 2. The number of nitrogens with zero attached hydrogens (tertiary/aromatic N) is 2. The summed E-state index contributed by atoms with van der Waals surface area (Å²) in [6, 6.07) is 11.2. The molecule has 2 fully saturated rings. The van der Waals surface area contributed by atoms with Gasteiger partial charge in [-0.25, -0.2) is 0 Å². The third-order valence-electron chi connectivity index (χ3n) is 5.60. The average Bonchev–Trinajstić information content (AvgIpc) is 2.73. The number of thioether (sulfide) groups is 1. The summed E-state index contributed by atoms with van der Waals surface area (Å²) in [5.41, 5.74) is 1.33. The summed E-state index contributed by atoms with van der Waals surface area (Å²) in [4.78, 5) is 6.92. The second kappa shape index (κ2) is 9.51. The van der Waals surface area contributed by atoms with Crippen LogP contribution < -0.4 is 15.5 Å². The first-order chi connectivity index (χ1) is 12.7. The first kappa shape index (κ1) is 19.4. The Labute approximate surface area is 162 Å². The lowest BCUT2D eigenvalue weighted by Crippen LogP contribution is -2.52. The molecule has 0 bridgehead atoms. The molecule has 0 radical (unpaired) electrons. The number of aliphatic imine (C=N–C) groups is 1. The predicted octanol–water partition coefficient (Wildman–Crippen LogP) is 2.73. The van der Waals surface area contributed by atoms with Crippen molar-refractivity contribution in [2.75, 3.05) is 51.1 Å². The van der Waals surface area contributed by atoms with Gasteiger partial charge in [0.2, 0.25) is 0 Å². The van der Waals surface area contributed by atoms with E-state index in [9.17, 15) is 0 Å². The van der Waals surface area contributed by atoms with Crippen LogP contribution in [0.2, 0.25) is 0 Å². The molecule has 1 aromatic rings. The van der Waals surface area contributed by atoms with Gasteiger partial charge in [0, 0.05) is 56.4 Å². The highest BCUT2D eigenvalue weighted by Crippen LogP contribution is 2.33. The van der Waals surface area contributed by atoms with Gasteiger partial charge in [-0.3, -0.25) is 4.99 Å². The van der Waals surface area contributed by atoms with E-state index in [-0.39, 0.29) is 4.75 Å². The molecule has 0 aromatic heterocycles. The summed E-state index contributed by atoms with van der Waals surface area (Å²) in [6.45, 7) is 4.86. The van der Waals surface area contributed by atoms with Crippen molar-refractivity contribution >= 4 is 23.4 Å². The van der Waals surface area contributed by atoms with E-state index in [0.29, 0.717) is 6.04 Å². The van der Waals surface area contributed by atoms with E-state index < -0.39 is 0 Å². The van der Waals surface area contributed by atoms with Crippen LogP contribution in [0.3, 0.4) is 0 Å². The summed E-state index contributed by atoms with van der Waals surface area (Å²) in [5.74, 6) is 0.933. The lowest BCUT2D eigenvalue weighted by atomic mass is 9.99. The van der Waals surface area contributed by atoms with E-state index in [4.69, 9.17) is 4.74 Å². The van der Waals surface area contributed by atoms with Crippen molar-refractivity contribution in [2.45, 2.75) is 36.5 Å². The minimum atomic E-state index is 0.270. The molecule has 1 aromatic carbocycles. The maximum Gasteiger partial charge on any atom is 0.191 e. The van der Waals surface area contributed by atoms with Gasteiger partial charge in [0.1, 0.15) is 0 Å². The molecule has 0 amide bonds. The van der Waals surface area contributed by atoms with Gasteiger partial charge in [-0.2, -0.15) is 11.8 Å². The van der Waals surface area contributed by atoms with Gasteiger partial charge in [0.05, 0.1) is 0 Å². The molecule has 2 saturated heterocycles. The van der Waals surface area contributed by atoms with E-state index in [0.717, 1.165) is 64.5 Å². The molecule has 2 N–H and O–H groups in total. The Morgan fingerprint density at radius 3 is 2.54 bits per heavy atom. The van der Waals surface area contributed by atoms with Crippen LogP contribution in [-0.2, 0) is 4.74 Å². The topological polar surface area (TPSA) is 48.9 Å². The SMILES string of the molecule is CN=C(NCC1(SC)CCOCC1)NC1CCN(c2ccccc2)CC1. The van der Waals surface area contributed by atoms with E-state index in [1.807, 2.05) is 18.8 Å². The molecule has 2 aliphatic rings. The van der Waals surface area contributed by atoms with Crippen LogP contribution >= 0.6 is 11.8 Å². The fraction of sp³-hybridized carbons (Fsp3) is 0.650. The Morgan fingerprint density at radius 1 is 1.23 bits per heavy atom. The Hall–Kier alpha value is -1.40. The second-order valence-corrected chi connectivity index (χ2v) is 8.44. The molecular weight excluding hydrogens is 344 g/mol. The molecule has 0 spiro atoms. The molecule has 3 rings (SSSR count). The van der Waals surface area contributed by atoms with Crippen molar-refractivity contribution < 1.29 is 4.74 Å². The third kappa shape index (κ3) is 5.07. The normalized spacial score (nSPS) is 21.5. The van der Waals surface area contributed by atoms with Gasteiger partial charge in [-0.1, -0.05) is 18.2 Å². The molecular formula is C20H32N4OS. The van der Waals surface area contributed by atoms with Crippen LogP contribution in [0.5, 0.6) is 0 Å². The zero-order valence-electron chi connectivity index (χ0n) is 16.0. The molecule has 0 unspecified atom stereocenters. The van der Waals surface area contributed by atoms with Crippen molar-refractivity contribution in [1.82, 2.24) is 10.6 Å². The number of rotatable bonds is 5. The maximum absolute atomic E-state index is 5.54. The predicted molar refractivity (Wildman–Crippen MR) is 112 cm³/mol. The van der Waals surface area contributed by atoms with Gasteiger partial charge in [0.25, 0.3) is 0 Å². The molecule has 2 heterocycles. The Morgan fingerprint density at radius 2 is 1.92 bits per heavy atom. The molecule has 144 valence electrons. The fourth-order valence-electron chi connectivity index (χ4n) is 3.75. The Bertz CT molecular complexity index is 566. The summed E-state index contributed by atoms with van der Waals surface area (Å²) in [5, 5.41) is 7.20. The van der Waals surface area contributed by atoms with Crippen LogP contribution in [0.25, 0.3) is 0 Å². The van der Waals surface area contributed by atoms with Crippen molar-refractivity contribution in [3.05, 3.63) is 30.3 Å². The quantitative estimate of drug-likeness (QED) is 0.611. The Kier molecular flexibility index (Phi) is 7.08. The number of piperidine rings is 1. The summed E-state index contributed by atoms with van der Waals surface area (Å²) < 4.78 is 5.81. The number of anilines is 1. The third-order valence-corrected chi connectivity index (χ3v) is 7.01. The summed E-state index contributed by atoms with van der Waals surface area (Å²) >= 11 is 1.96. The monoisotopic (exact) mass is 376 g/mol. The maximum atomic E-state index is 5.54. The van der Waals surface area contributed by atoms with E-state index >= 15 is 0 Å². The number of benzene rings is 1. The van der Waals surface area contributed by atoms with Crippen molar-refractivity contribution in [1.29, 1.82) is 0 Å². The zero-order chi connectivity index (χ0) is 18.2. The van der Waals surface area contributed by atoms with Gasteiger partial charge in [0.15, 0.2) is 5.96 Å². The molecule has 26 heavy (non-hydrogen) atoms. The van der Waals surface area contributed by atoms with Crippen LogP contribution in [0.4, 0.5) is 5.69 Å². The van der Waals surface area contributed by atoms with Crippen molar-refractivity contribution in [3.8, 4) is 0 Å². The van der Waals surface area contributed by atoms with E-state index in [1.165, 1.54) is 5.69 Å². The highest BCUT2D eigenvalue weighted by molar-refractivity contribution is 8.00. The molecule has 0 saturated carbocycles. The van der Waals surface area contributed by atoms with Crippen molar-refractivity contribution in [3.63, 3.8) is 0 Å². The lowest BCUT2D eigenvalue weighted by molar-refractivity contribution is 0.0782. The zero-order valence-corrected chi connectivity index (χ0v) is 16.9. The minimum Gasteiger partial charge on any atom is -0.381 e. The summed E-state index contributed by atoms with van der Waals surface area (Å²) in [6.07, 6.45) is 6.69. The standard InChI is InChI=1S/C20H32N4OS/c1-21-19(22-16-20(26-2)10-14-25-15-11-20)23-17-8-12-24(13-9-17)18-6-4-3-5-7-18/h3-7,17H,8-16H2,1-2H3,(H2,21,22,23). The number of ether oxygens (including phenoxy) is 1. The molecule has 0 atom stereocenters. The smallest absolute Gasteiger partial charge is 0.191 e. The number of hydrogen-bond acceptors (Lipinski definition) is 4. The first-order valence-electron chi connectivity index (χ1n) is 9.65. The lowest BCUT2D eigenvalue weighted by Gasteiger charge is -2.37. The van der Waals surface area contributed by atoms with Crippen LogP contribution in [-0.4, -0.2) is 62.9 Å². The van der Waals surface area contributed by atoms with Gasteiger partial charge in [-0.15, -0.1) is 0 Å². The van der Waals surface area contributed by atoms with Gasteiger partial charge in [-0.05, 0) is 44.1 Å². The van der Waals surface area contributed by atoms with Crippen molar-refractivity contribution in [2.24, 2.45) is 4.99 Å². The minimum absolute atomic E-state index is 0.270. The highest BCUT2D eigenvalue weighted by Gasteiger charge is 2.32. The highest BCUT2D eigenvalue weighted by atomic mass is 32.2. The summed E-state index contributed by atoms with van der Waals surface area (Å²) in [7, 11) is 1.87. The second-order valence-electron chi connectivity index (χ2n) is 7.17. The van der Waals surface area contributed by atoms with Gasteiger partial charge >= 0.3 is 0 Å². The van der Waals surface area contributed by atoms with E-state index in [1.54, 1.807) is 0 Å². The van der Waals surface area contributed by atoms with Crippen LogP contribution in [0.1, 0.15) is 25.7 Å². The molecule has 6 heteroatoms. The first-order valence-corrected chi connectivity index (χ1v) is 10.9. The van der Waals surface area contributed by atoms with Gasteiger partial charge < -0.3 is 20.3 Å². The fourth-order valence-corrected chi connectivity index (χ4v) is 4.54. The Balaban J connectivity index is 1.45. The molecule has 5 nitrogen and oxygen atoms in total. The van der Waals surface area contributed by atoms with Crippen LogP contribution in [0, 0.1) is 0 Å². The number of hydrogen-bond donors (Lipinski definition) is 2. The van der Waals surface area contributed by atoms with E-state index in [2.05, 4.69) is 57.1 Å². The average molecular weight is 377 g/mol. The number of para-hydroxylation sites is 1. The number of guanidine groups is 1. The molecule has 2 aliphatic heterocycles. The largest absolute Gasteiger partial charge is 0.381 e. The van der Waals surface area contributed by atoms with Crippen LogP contribution in [0.15, 0.2) is 35.3 Å².